The molecule has 0 aromatic heterocycles. The Kier molecular flexibility index (Phi) is 3.99. The summed E-state index contributed by atoms with van der Waals surface area (Å²) in [5, 5.41) is 0. The van der Waals surface area contributed by atoms with Crippen LogP contribution in [0.4, 0.5) is 0 Å². The van der Waals surface area contributed by atoms with E-state index in [1.54, 1.807) is 0 Å². The van der Waals surface area contributed by atoms with E-state index in [0.29, 0.717) is 0 Å². The lowest BCUT2D eigenvalue weighted by Gasteiger charge is -2.06. The highest BCUT2D eigenvalue weighted by molar-refractivity contribution is 5.22. The Labute approximate surface area is 68.8 Å². The molecule has 0 bridgehead atoms. The lowest BCUT2D eigenvalue weighted by molar-refractivity contribution is 0.158. The van der Waals surface area contributed by atoms with E-state index in [9.17, 15) is 0 Å². The first kappa shape index (κ1) is 8.54. The third kappa shape index (κ3) is 3.38. The van der Waals surface area contributed by atoms with Gasteiger partial charge in [-0.1, -0.05) is 25.2 Å². The van der Waals surface area contributed by atoms with Crippen molar-refractivity contribution in [1.82, 2.24) is 0 Å². The van der Waals surface area contributed by atoms with Gasteiger partial charge in [0.1, 0.15) is 0 Å². The molecule has 0 amide bonds. The summed E-state index contributed by atoms with van der Waals surface area (Å²) in [6.45, 7) is 3.81. The van der Waals surface area contributed by atoms with Crippen molar-refractivity contribution in [2.45, 2.75) is 26.2 Å². The second kappa shape index (κ2) is 5.14. The van der Waals surface area contributed by atoms with E-state index in [1.165, 1.54) is 18.4 Å². The molecule has 0 spiro atoms. The smallest absolute Gasteiger partial charge is 0.0713 e. The van der Waals surface area contributed by atoms with Crippen LogP contribution in [0.25, 0.3) is 0 Å². The van der Waals surface area contributed by atoms with Crippen LogP contribution in [-0.2, 0) is 4.74 Å². The molecular weight excluding hydrogens is 136 g/mol. The third-order valence-electron chi connectivity index (χ3n) is 1.69. The molecule has 0 fully saturated rings. The highest BCUT2D eigenvalue weighted by atomic mass is 16.5. The molecule has 0 aromatic carbocycles. The molecule has 0 atom stereocenters. The van der Waals surface area contributed by atoms with Gasteiger partial charge in [0.25, 0.3) is 0 Å². The van der Waals surface area contributed by atoms with E-state index < -0.39 is 0 Å². The highest BCUT2D eigenvalue weighted by Crippen LogP contribution is 2.09. The molecule has 0 unspecified atom stereocenters. The van der Waals surface area contributed by atoms with E-state index in [0.717, 1.165) is 19.6 Å². The average Bonchev–Trinajstić information content (AvgIpc) is 2.07. The first-order valence-corrected chi connectivity index (χ1v) is 4.37. The van der Waals surface area contributed by atoms with E-state index in [-0.39, 0.29) is 0 Å². The van der Waals surface area contributed by atoms with Gasteiger partial charge >= 0.3 is 0 Å². The normalized spacial score (nSPS) is 16.6. The minimum atomic E-state index is 0.796. The predicted molar refractivity (Wildman–Crippen MR) is 47.6 cm³/mol. The molecule has 1 nitrogen and oxygen atoms in total. The molecule has 11 heavy (non-hydrogen) atoms. The van der Waals surface area contributed by atoms with Gasteiger partial charge in [-0.2, -0.15) is 0 Å². The molecule has 0 heterocycles. The van der Waals surface area contributed by atoms with Crippen LogP contribution in [0.1, 0.15) is 26.2 Å². The molecule has 1 aliphatic rings. The summed E-state index contributed by atoms with van der Waals surface area (Å²) >= 11 is 0. The highest BCUT2D eigenvalue weighted by Gasteiger charge is 1.95. The van der Waals surface area contributed by atoms with Crippen LogP contribution in [0.15, 0.2) is 23.8 Å². The summed E-state index contributed by atoms with van der Waals surface area (Å²) in [5.41, 5.74) is 1.34. The standard InChI is InChI=1S/C10H16O/c1-2-8-11-9-10-6-4-3-5-7-10/h4,6-7H,2-3,5,8-9H2,1H3. The van der Waals surface area contributed by atoms with Crippen molar-refractivity contribution in [3.8, 4) is 0 Å². The SMILES string of the molecule is CCCOCC1=CCCC=C1. The molecular formula is C10H16O. The number of hydrogen-bond acceptors (Lipinski definition) is 1. The van der Waals surface area contributed by atoms with Gasteiger partial charge in [-0.25, -0.2) is 0 Å². The molecule has 0 aromatic rings. The second-order valence-electron chi connectivity index (χ2n) is 2.81. The van der Waals surface area contributed by atoms with Gasteiger partial charge in [0, 0.05) is 6.61 Å². The number of ether oxygens (including phenoxy) is 1. The monoisotopic (exact) mass is 152 g/mol. The summed E-state index contributed by atoms with van der Waals surface area (Å²) < 4.78 is 5.40. The Hall–Kier alpha value is -0.560. The van der Waals surface area contributed by atoms with Crippen LogP contribution in [0.2, 0.25) is 0 Å². The lowest BCUT2D eigenvalue weighted by atomic mass is 10.1. The zero-order chi connectivity index (χ0) is 7.94. The van der Waals surface area contributed by atoms with Gasteiger partial charge in [0.05, 0.1) is 6.61 Å². The summed E-state index contributed by atoms with van der Waals surface area (Å²) in [7, 11) is 0. The van der Waals surface area contributed by atoms with E-state index in [4.69, 9.17) is 4.74 Å². The van der Waals surface area contributed by atoms with Crippen molar-refractivity contribution >= 4 is 0 Å². The molecule has 0 saturated carbocycles. The minimum Gasteiger partial charge on any atom is -0.377 e. The fourth-order valence-corrected chi connectivity index (χ4v) is 1.11. The molecule has 1 aliphatic carbocycles. The molecule has 0 N–H and O–H groups in total. The third-order valence-corrected chi connectivity index (χ3v) is 1.69. The van der Waals surface area contributed by atoms with Crippen molar-refractivity contribution < 1.29 is 4.74 Å². The lowest BCUT2D eigenvalue weighted by Crippen LogP contribution is -1.98. The second-order valence-corrected chi connectivity index (χ2v) is 2.81. The fraction of sp³-hybridized carbons (Fsp3) is 0.600. The number of allylic oxidation sites excluding steroid dienone is 2. The van der Waals surface area contributed by atoms with Gasteiger partial charge in [-0.15, -0.1) is 0 Å². The summed E-state index contributed by atoms with van der Waals surface area (Å²) in [6.07, 6.45) is 10.1. The van der Waals surface area contributed by atoms with Crippen LogP contribution in [-0.4, -0.2) is 13.2 Å². The van der Waals surface area contributed by atoms with Crippen molar-refractivity contribution in [2.24, 2.45) is 0 Å². The zero-order valence-electron chi connectivity index (χ0n) is 7.18. The summed E-state index contributed by atoms with van der Waals surface area (Å²) in [5.74, 6) is 0. The first-order valence-electron chi connectivity index (χ1n) is 4.37. The first-order chi connectivity index (χ1) is 5.43. The summed E-state index contributed by atoms with van der Waals surface area (Å²) in [4.78, 5) is 0. The molecule has 1 heteroatoms. The van der Waals surface area contributed by atoms with Crippen LogP contribution in [0, 0.1) is 0 Å². The van der Waals surface area contributed by atoms with E-state index in [2.05, 4.69) is 25.2 Å². The average molecular weight is 152 g/mol. The maximum Gasteiger partial charge on any atom is 0.0713 e. The van der Waals surface area contributed by atoms with Gasteiger partial charge in [0.15, 0.2) is 0 Å². The fourth-order valence-electron chi connectivity index (χ4n) is 1.11. The minimum absolute atomic E-state index is 0.796. The Morgan fingerprint density at radius 1 is 1.45 bits per heavy atom. The zero-order valence-corrected chi connectivity index (χ0v) is 7.18. The number of rotatable bonds is 4. The molecule has 0 saturated heterocycles. The van der Waals surface area contributed by atoms with Crippen molar-refractivity contribution in [2.75, 3.05) is 13.2 Å². The van der Waals surface area contributed by atoms with Crippen LogP contribution in [0.3, 0.4) is 0 Å². The van der Waals surface area contributed by atoms with Gasteiger partial charge in [0.2, 0.25) is 0 Å². The topological polar surface area (TPSA) is 9.23 Å². The van der Waals surface area contributed by atoms with E-state index in [1.807, 2.05) is 0 Å². The van der Waals surface area contributed by atoms with Gasteiger partial charge in [-0.3, -0.25) is 0 Å². The Balaban J connectivity index is 2.15. The maximum absolute atomic E-state index is 5.40. The quantitative estimate of drug-likeness (QED) is 0.563. The van der Waals surface area contributed by atoms with Gasteiger partial charge in [-0.05, 0) is 24.8 Å². The van der Waals surface area contributed by atoms with Gasteiger partial charge < -0.3 is 4.74 Å². The van der Waals surface area contributed by atoms with Crippen LogP contribution in [0.5, 0.6) is 0 Å². The van der Waals surface area contributed by atoms with E-state index >= 15 is 0 Å². The van der Waals surface area contributed by atoms with Crippen LogP contribution >= 0.6 is 0 Å². The Bertz CT molecular complexity index is 156. The Morgan fingerprint density at radius 3 is 3.00 bits per heavy atom. The van der Waals surface area contributed by atoms with Crippen LogP contribution < -0.4 is 0 Å². The number of hydrogen-bond donors (Lipinski definition) is 0. The van der Waals surface area contributed by atoms with Crippen molar-refractivity contribution in [1.29, 1.82) is 0 Å². The largest absolute Gasteiger partial charge is 0.377 e. The summed E-state index contributed by atoms with van der Waals surface area (Å²) in [6, 6.07) is 0. The molecule has 0 aliphatic heterocycles. The molecule has 1 rings (SSSR count). The van der Waals surface area contributed by atoms with Crippen molar-refractivity contribution in [3.63, 3.8) is 0 Å². The van der Waals surface area contributed by atoms with Crippen molar-refractivity contribution in [3.05, 3.63) is 23.8 Å². The maximum atomic E-state index is 5.40. The molecule has 0 radical (unpaired) electrons. The Morgan fingerprint density at radius 2 is 2.36 bits per heavy atom. The predicted octanol–water partition coefficient (Wildman–Crippen LogP) is 2.69. The molecule has 62 valence electrons.